The van der Waals surface area contributed by atoms with Crippen LogP contribution in [0.5, 0.6) is 5.75 Å². The van der Waals surface area contributed by atoms with Crippen molar-refractivity contribution in [2.75, 3.05) is 12.8 Å². The minimum Gasteiger partial charge on any atom is -0.406 e. The second-order valence-corrected chi connectivity index (χ2v) is 7.89. The molecule has 2 aromatic carbocycles. The average molecular weight is 384 g/mol. The van der Waals surface area contributed by atoms with Crippen molar-refractivity contribution in [1.82, 2.24) is 5.43 Å². The second kappa shape index (κ2) is 6.31. The number of rotatable bonds is 4. The Morgan fingerprint density at radius 2 is 1.77 bits per heavy atom. The van der Waals surface area contributed by atoms with Crippen molar-refractivity contribution >= 4 is 16.1 Å². The molecule has 0 saturated heterocycles. The fraction of sp³-hybridized carbons (Fsp3) is 0.235. The van der Waals surface area contributed by atoms with E-state index in [1.165, 1.54) is 30.3 Å². The molecule has 0 aliphatic carbocycles. The summed E-state index contributed by atoms with van der Waals surface area (Å²) in [6.07, 6.45) is -2.10. The number of sulfone groups is 1. The molecule has 1 unspecified atom stereocenters. The largest absolute Gasteiger partial charge is 0.573 e. The van der Waals surface area contributed by atoms with Gasteiger partial charge in [-0.15, -0.1) is 13.2 Å². The smallest absolute Gasteiger partial charge is 0.406 e. The summed E-state index contributed by atoms with van der Waals surface area (Å²) in [4.78, 5) is 0.144. The van der Waals surface area contributed by atoms with Gasteiger partial charge in [-0.2, -0.15) is 5.10 Å². The molecule has 0 saturated carbocycles. The first-order valence-electron chi connectivity index (χ1n) is 7.55. The maximum Gasteiger partial charge on any atom is 0.573 e. The summed E-state index contributed by atoms with van der Waals surface area (Å²) in [5.74, 6) is -0.351. The minimum absolute atomic E-state index is 0.144. The number of benzene rings is 2. The highest BCUT2D eigenvalue weighted by Crippen LogP contribution is 2.37. The third-order valence-corrected chi connectivity index (χ3v) is 5.26. The first-order valence-corrected chi connectivity index (χ1v) is 9.44. The van der Waals surface area contributed by atoms with Gasteiger partial charge in [0.1, 0.15) is 5.75 Å². The molecule has 138 valence electrons. The van der Waals surface area contributed by atoms with Crippen LogP contribution in [0, 0.1) is 0 Å². The van der Waals surface area contributed by atoms with E-state index in [1.807, 2.05) is 0 Å². The zero-order chi connectivity index (χ0) is 19.0. The summed E-state index contributed by atoms with van der Waals surface area (Å²) < 4.78 is 65.3. The van der Waals surface area contributed by atoms with Crippen molar-refractivity contribution in [1.29, 1.82) is 0 Å². The first-order chi connectivity index (χ1) is 12.1. The molecule has 5 nitrogen and oxygen atoms in total. The SMILES string of the molecule is CS(=O)(=O)c1ccccc1C1(c2ccc(OC(F)(F)F)cc2)C=NNC1. The Morgan fingerprint density at radius 1 is 1.12 bits per heavy atom. The molecule has 0 aromatic heterocycles. The lowest BCUT2D eigenvalue weighted by molar-refractivity contribution is -0.274. The Balaban J connectivity index is 2.10. The summed E-state index contributed by atoms with van der Waals surface area (Å²) in [6, 6.07) is 11.8. The zero-order valence-electron chi connectivity index (χ0n) is 13.6. The van der Waals surface area contributed by atoms with Gasteiger partial charge in [0.2, 0.25) is 0 Å². The van der Waals surface area contributed by atoms with E-state index in [-0.39, 0.29) is 17.2 Å². The molecule has 1 aliphatic rings. The van der Waals surface area contributed by atoms with Crippen LogP contribution in [0.2, 0.25) is 0 Å². The van der Waals surface area contributed by atoms with E-state index in [1.54, 1.807) is 24.4 Å². The summed E-state index contributed by atoms with van der Waals surface area (Å²) in [7, 11) is -3.51. The Kier molecular flexibility index (Phi) is 4.43. The molecule has 1 aliphatic heterocycles. The van der Waals surface area contributed by atoms with Gasteiger partial charge >= 0.3 is 6.36 Å². The predicted molar refractivity (Wildman–Crippen MR) is 90.0 cm³/mol. The monoisotopic (exact) mass is 384 g/mol. The van der Waals surface area contributed by atoms with Gasteiger partial charge in [-0.3, -0.25) is 0 Å². The van der Waals surface area contributed by atoms with E-state index in [0.717, 1.165) is 6.26 Å². The predicted octanol–water partition coefficient (Wildman–Crippen LogP) is 2.86. The van der Waals surface area contributed by atoms with Gasteiger partial charge in [0.25, 0.3) is 0 Å². The molecular formula is C17H15F3N2O3S. The number of hydrogen-bond acceptors (Lipinski definition) is 5. The van der Waals surface area contributed by atoms with Crippen molar-refractivity contribution in [2.45, 2.75) is 16.7 Å². The molecule has 9 heteroatoms. The van der Waals surface area contributed by atoms with Gasteiger partial charge in [-0.05, 0) is 29.3 Å². The maximum atomic E-state index is 12.3. The number of hydrogen-bond donors (Lipinski definition) is 1. The molecule has 0 bridgehead atoms. The van der Waals surface area contributed by atoms with E-state index in [4.69, 9.17) is 0 Å². The van der Waals surface area contributed by atoms with E-state index in [0.29, 0.717) is 11.1 Å². The normalized spacial score (nSPS) is 20.0. The lowest BCUT2D eigenvalue weighted by Crippen LogP contribution is -2.35. The van der Waals surface area contributed by atoms with Crippen molar-refractivity contribution in [3.63, 3.8) is 0 Å². The van der Waals surface area contributed by atoms with Gasteiger partial charge in [0, 0.05) is 12.5 Å². The Hall–Kier alpha value is -2.55. The molecule has 0 amide bonds. The van der Waals surface area contributed by atoms with Crippen molar-refractivity contribution in [3.05, 3.63) is 59.7 Å². The second-order valence-electron chi connectivity index (χ2n) is 5.90. The number of nitrogens with zero attached hydrogens (tertiary/aromatic N) is 1. The number of nitrogens with one attached hydrogen (secondary N) is 1. The van der Waals surface area contributed by atoms with Crippen LogP contribution in [0.4, 0.5) is 13.2 Å². The van der Waals surface area contributed by atoms with Crippen LogP contribution in [-0.2, 0) is 15.3 Å². The molecular weight excluding hydrogens is 369 g/mol. The number of alkyl halides is 3. The molecule has 0 fully saturated rings. The minimum atomic E-state index is -4.78. The Morgan fingerprint density at radius 3 is 2.31 bits per heavy atom. The van der Waals surface area contributed by atoms with Crippen molar-refractivity contribution < 1.29 is 26.3 Å². The molecule has 1 atom stereocenters. The standard InChI is InChI=1S/C17H15F3N2O3S/c1-26(23,24)15-5-3-2-4-14(15)16(10-21-22-11-16)12-6-8-13(9-7-12)25-17(18,19)20/h2-10,22H,11H2,1H3. The number of hydrazone groups is 1. The summed E-state index contributed by atoms with van der Waals surface area (Å²) >= 11 is 0. The van der Waals surface area contributed by atoms with Gasteiger partial charge in [-0.1, -0.05) is 30.3 Å². The fourth-order valence-corrected chi connectivity index (χ4v) is 3.96. The van der Waals surface area contributed by atoms with E-state index in [9.17, 15) is 21.6 Å². The lowest BCUT2D eigenvalue weighted by atomic mass is 9.76. The van der Waals surface area contributed by atoms with Crippen LogP contribution in [0.25, 0.3) is 0 Å². The molecule has 0 radical (unpaired) electrons. The highest BCUT2D eigenvalue weighted by molar-refractivity contribution is 7.90. The van der Waals surface area contributed by atoms with Crippen LogP contribution in [-0.4, -0.2) is 33.8 Å². The number of halogens is 3. The summed E-state index contributed by atoms with van der Waals surface area (Å²) in [5, 5.41) is 4.01. The van der Waals surface area contributed by atoms with Gasteiger partial charge in [0.05, 0.1) is 16.9 Å². The lowest BCUT2D eigenvalue weighted by Gasteiger charge is -2.28. The summed E-state index contributed by atoms with van der Waals surface area (Å²) in [6.45, 7) is 0.277. The fourth-order valence-electron chi connectivity index (χ4n) is 2.98. The van der Waals surface area contributed by atoms with Crippen LogP contribution >= 0.6 is 0 Å². The Bertz CT molecular complexity index is 940. The molecule has 2 aromatic rings. The highest BCUT2D eigenvalue weighted by atomic mass is 32.2. The van der Waals surface area contributed by atoms with E-state index >= 15 is 0 Å². The molecule has 1 N–H and O–H groups in total. The van der Waals surface area contributed by atoms with E-state index < -0.39 is 21.6 Å². The van der Waals surface area contributed by atoms with Crippen molar-refractivity contribution in [3.8, 4) is 5.75 Å². The Labute approximate surface area is 148 Å². The maximum absolute atomic E-state index is 12.3. The quantitative estimate of drug-likeness (QED) is 0.880. The average Bonchev–Trinajstić information content (AvgIpc) is 3.04. The molecule has 26 heavy (non-hydrogen) atoms. The third-order valence-electron chi connectivity index (χ3n) is 4.10. The third kappa shape index (κ3) is 3.52. The molecule has 1 heterocycles. The van der Waals surface area contributed by atoms with E-state index in [2.05, 4.69) is 15.3 Å². The summed E-state index contributed by atoms with van der Waals surface area (Å²) in [5.41, 5.74) is 2.98. The van der Waals surface area contributed by atoms with Gasteiger partial charge < -0.3 is 10.2 Å². The van der Waals surface area contributed by atoms with Crippen molar-refractivity contribution in [2.24, 2.45) is 5.10 Å². The number of ether oxygens (including phenoxy) is 1. The first kappa shape index (κ1) is 18.2. The highest BCUT2D eigenvalue weighted by Gasteiger charge is 2.39. The van der Waals surface area contributed by atoms with Crippen LogP contribution in [0.3, 0.4) is 0 Å². The van der Waals surface area contributed by atoms with Gasteiger partial charge in [-0.25, -0.2) is 8.42 Å². The molecule has 3 rings (SSSR count). The topological polar surface area (TPSA) is 67.8 Å². The van der Waals surface area contributed by atoms with Crippen LogP contribution in [0.15, 0.2) is 58.5 Å². The van der Waals surface area contributed by atoms with Gasteiger partial charge in [0.15, 0.2) is 9.84 Å². The van der Waals surface area contributed by atoms with Crippen LogP contribution in [0.1, 0.15) is 11.1 Å². The zero-order valence-corrected chi connectivity index (χ0v) is 14.4. The molecule has 0 spiro atoms. The van der Waals surface area contributed by atoms with Crippen LogP contribution < -0.4 is 10.2 Å².